The van der Waals surface area contributed by atoms with E-state index in [4.69, 9.17) is 5.11 Å². The molecule has 0 aliphatic carbocycles. The van der Waals surface area contributed by atoms with Crippen LogP contribution < -0.4 is 26.4 Å². The van der Waals surface area contributed by atoms with Gasteiger partial charge >= 0.3 is 55.4 Å². The number of nitrogens with zero attached hydrogens (tertiary/aromatic N) is 2. The van der Waals surface area contributed by atoms with E-state index in [2.05, 4.69) is 21.7 Å². The number of hydrogen-bond acceptors (Lipinski definition) is 2. The van der Waals surface area contributed by atoms with E-state index in [9.17, 15) is 110 Å². The van der Waals surface area contributed by atoms with E-state index in [0.29, 0.717) is 6.54 Å². The van der Waals surface area contributed by atoms with Crippen molar-refractivity contribution >= 4 is 34.0 Å². The van der Waals surface area contributed by atoms with Crippen molar-refractivity contribution in [2.24, 2.45) is 0 Å². The Morgan fingerprint density at radius 2 is 0.709 bits per heavy atom. The van der Waals surface area contributed by atoms with Gasteiger partial charge in [0.2, 0.25) is 5.69 Å². The first-order valence-corrected chi connectivity index (χ1v) is 21.6. The van der Waals surface area contributed by atoms with Crippen LogP contribution in [0.1, 0.15) is 60.4 Å². The number of carboxylic acid groups (broad SMARTS) is 1. The maximum atomic E-state index is 14.2. The number of alkyl halides is 24. The Morgan fingerprint density at radius 3 is 0.987 bits per heavy atom. The van der Waals surface area contributed by atoms with Gasteiger partial charge in [-0.3, -0.25) is 4.98 Å². The molecule has 0 fully saturated rings. The van der Waals surface area contributed by atoms with Gasteiger partial charge in [0.15, 0.2) is 12.7 Å². The van der Waals surface area contributed by atoms with Gasteiger partial charge in [0.05, 0.1) is 62.5 Å². The van der Waals surface area contributed by atoms with Gasteiger partial charge in [0, 0.05) is 11.1 Å². The second-order valence-electron chi connectivity index (χ2n) is 17.2. The van der Waals surface area contributed by atoms with Crippen LogP contribution in [-0.2, 0) is 56.0 Å². The molecule has 4 nitrogen and oxygen atoms in total. The second kappa shape index (κ2) is 21.1. The third-order valence-corrected chi connectivity index (χ3v) is 11.9. The molecule has 79 heavy (non-hydrogen) atoms. The van der Waals surface area contributed by atoms with Gasteiger partial charge in [0.25, 0.3) is 0 Å². The minimum absolute atomic E-state index is 0.271. The van der Waals surface area contributed by atoms with Crippen molar-refractivity contribution in [3.63, 3.8) is 0 Å². The third kappa shape index (κ3) is 13.9. The first-order chi connectivity index (χ1) is 36.0. The summed E-state index contributed by atoms with van der Waals surface area (Å²) in [6, 6.07) is 8.20. The average Bonchev–Trinajstić information content (AvgIpc) is 3.38. The second-order valence-corrected chi connectivity index (χ2v) is 17.2. The highest BCUT2D eigenvalue weighted by molar-refractivity contribution is 7.20. The maximum absolute atomic E-state index is 14.2. The SMILES string of the molecule is FC(F)(F)c1cc([B-](c2cc(C(F)(F)F)cc(C(F)(F)F)c2)(c2cc(C(F)(F)F)cc(C(F)(F)F)c2)c2cc(C(F)(F)F)cc(C(F)(F)F)c2)cc(C(F)(F)F)c1.O=C(O)c1cccc(-c2cncc[n+]2Cc2ccccc2)c1. The Hall–Kier alpha value is -7.75. The monoisotopic (exact) mass is 1150 g/mol. The maximum Gasteiger partial charge on any atom is 0.416 e. The summed E-state index contributed by atoms with van der Waals surface area (Å²) in [6.07, 6.45) is -49.4. The quantitative estimate of drug-likeness (QED) is 0.0937. The number of rotatable bonds is 8. The fourth-order valence-electron chi connectivity index (χ4n) is 8.43. The number of carbonyl (C=O) groups is 1. The summed E-state index contributed by atoms with van der Waals surface area (Å²) in [7, 11) is 0. The number of halogens is 24. The van der Waals surface area contributed by atoms with Gasteiger partial charge in [-0.2, -0.15) is 132 Å². The molecule has 0 aliphatic heterocycles. The first kappa shape index (κ1) is 60.5. The van der Waals surface area contributed by atoms with E-state index in [-0.39, 0.29) is 5.56 Å². The van der Waals surface area contributed by atoms with Crippen LogP contribution in [-0.4, -0.2) is 22.2 Å². The molecule has 0 amide bonds. The van der Waals surface area contributed by atoms with Gasteiger partial charge in [-0.15, -0.1) is 0 Å². The molecule has 0 saturated heterocycles. The lowest BCUT2D eigenvalue weighted by Gasteiger charge is -2.46. The minimum atomic E-state index is -6.13. The normalized spacial score (nSPS) is 13.2. The van der Waals surface area contributed by atoms with E-state index in [1.54, 1.807) is 30.6 Å². The lowest BCUT2D eigenvalue weighted by molar-refractivity contribution is -0.678. The minimum Gasteiger partial charge on any atom is -0.478 e. The number of benzene rings is 6. The average molecular weight is 1150 g/mol. The van der Waals surface area contributed by atoms with Gasteiger partial charge in [-0.1, -0.05) is 84.9 Å². The number of aromatic nitrogens is 2. The Morgan fingerprint density at radius 1 is 0.405 bits per heavy atom. The van der Waals surface area contributed by atoms with Gasteiger partial charge in [-0.05, 0) is 42.5 Å². The number of aromatic carboxylic acids is 1. The highest BCUT2D eigenvalue weighted by Gasteiger charge is 2.47. The lowest BCUT2D eigenvalue weighted by Crippen LogP contribution is -2.75. The zero-order valence-corrected chi connectivity index (χ0v) is 38.5. The zero-order valence-electron chi connectivity index (χ0n) is 38.5. The molecule has 0 unspecified atom stereocenters. The van der Waals surface area contributed by atoms with Crippen molar-refractivity contribution in [2.75, 3.05) is 0 Å². The van der Waals surface area contributed by atoms with E-state index in [1.165, 1.54) is 5.56 Å². The molecule has 420 valence electrons. The molecule has 0 aliphatic rings. The van der Waals surface area contributed by atoms with E-state index >= 15 is 0 Å². The van der Waals surface area contributed by atoms with Crippen molar-refractivity contribution < 1.29 is 120 Å². The van der Waals surface area contributed by atoms with Gasteiger partial charge < -0.3 is 5.11 Å². The topological polar surface area (TPSA) is 54.1 Å². The highest BCUT2D eigenvalue weighted by atomic mass is 19.4. The van der Waals surface area contributed by atoms with Crippen LogP contribution in [0.5, 0.6) is 0 Å². The Balaban J connectivity index is 0.000000378. The van der Waals surface area contributed by atoms with Crippen molar-refractivity contribution in [1.82, 2.24) is 4.98 Å². The molecule has 7 rings (SSSR count). The van der Waals surface area contributed by atoms with Gasteiger partial charge in [0.1, 0.15) is 6.15 Å². The number of hydrogen-bond donors (Lipinski definition) is 1. The predicted molar refractivity (Wildman–Crippen MR) is 232 cm³/mol. The summed E-state index contributed by atoms with van der Waals surface area (Å²) < 4.78 is 343. The molecule has 0 radical (unpaired) electrons. The molecule has 0 saturated carbocycles. The Bertz CT molecular complexity index is 2920. The molecule has 0 atom stereocenters. The Labute approximate surface area is 427 Å². The Kier molecular flexibility index (Phi) is 16.2. The molecule has 1 aromatic heterocycles. The summed E-state index contributed by atoms with van der Waals surface area (Å²) in [5, 5.41) is 9.14. The van der Waals surface area contributed by atoms with E-state index < -0.39 is 201 Å². The summed E-state index contributed by atoms with van der Waals surface area (Å²) in [5.41, 5.74) is -27.0. The summed E-state index contributed by atoms with van der Waals surface area (Å²) in [6.45, 7) is 0.704. The predicted octanol–water partition coefficient (Wildman–Crippen LogP) is 14.0. The van der Waals surface area contributed by atoms with Crippen molar-refractivity contribution in [1.29, 1.82) is 0 Å². The smallest absolute Gasteiger partial charge is 0.416 e. The fraction of sp³-hybridized carbons (Fsp3) is 0.180. The van der Waals surface area contributed by atoms with E-state index in [0.717, 1.165) is 11.3 Å². The van der Waals surface area contributed by atoms with Gasteiger partial charge in [-0.25, -0.2) is 4.79 Å². The molecule has 6 aromatic carbocycles. The third-order valence-electron chi connectivity index (χ3n) is 11.9. The lowest BCUT2D eigenvalue weighted by atomic mass is 9.12. The molecule has 0 bridgehead atoms. The summed E-state index contributed by atoms with van der Waals surface area (Å²) in [5.74, 6) is -0.930. The van der Waals surface area contributed by atoms with Crippen LogP contribution >= 0.6 is 0 Å². The van der Waals surface area contributed by atoms with E-state index in [1.807, 2.05) is 30.5 Å². The summed E-state index contributed by atoms with van der Waals surface area (Å²) >= 11 is 0. The van der Waals surface area contributed by atoms with Crippen LogP contribution in [0.15, 0.2) is 146 Å². The molecule has 7 aromatic rings. The zero-order chi connectivity index (χ0) is 59.3. The fourth-order valence-corrected chi connectivity index (χ4v) is 8.43. The summed E-state index contributed by atoms with van der Waals surface area (Å²) in [4.78, 5) is 15.3. The standard InChI is InChI=1S/C32H12BF24.C18H14N2O2/c34-25(35,36)13-1-14(26(37,38)39)6-21(5-13)33(22-7-15(27(40,41)42)2-16(8-22)28(43,44)45,23-9-17(29(46,47)48)3-18(10-23)30(49,50)51)24-11-19(31(52,53)54)4-20(12-24)32(55,56)57;21-18(22)16-8-4-7-15(11-16)17-12-19-9-10-20(17)13-14-5-2-1-3-6-14/h1-12H;1-12H,13H2/q-1;/p+1. The van der Waals surface area contributed by atoms with Crippen LogP contribution in [0, 0.1) is 0 Å². The van der Waals surface area contributed by atoms with Crippen LogP contribution in [0.4, 0.5) is 105 Å². The van der Waals surface area contributed by atoms with Crippen LogP contribution in [0.3, 0.4) is 0 Å². The molecular formula is C50H27BF24N2O2. The molecule has 1 N–H and O–H groups in total. The van der Waals surface area contributed by atoms with Crippen molar-refractivity contribution in [3.05, 3.63) is 202 Å². The molecular weight excluding hydrogens is 1130 g/mol. The molecule has 1 heterocycles. The van der Waals surface area contributed by atoms with Crippen molar-refractivity contribution in [2.45, 2.75) is 56.0 Å². The first-order valence-electron chi connectivity index (χ1n) is 21.6. The van der Waals surface area contributed by atoms with Crippen LogP contribution in [0.2, 0.25) is 0 Å². The molecule has 29 heteroatoms. The van der Waals surface area contributed by atoms with Crippen molar-refractivity contribution in [3.8, 4) is 11.3 Å². The molecule has 0 spiro atoms. The highest BCUT2D eigenvalue weighted by Crippen LogP contribution is 2.41. The van der Waals surface area contributed by atoms with Crippen LogP contribution in [0.25, 0.3) is 11.3 Å². The largest absolute Gasteiger partial charge is 0.478 e. The number of carboxylic acids is 1.